The molecule has 2 rings (SSSR count). The zero-order valence-electron chi connectivity index (χ0n) is 12.2. The van der Waals surface area contributed by atoms with Crippen LogP contribution in [0.25, 0.3) is 0 Å². The molecule has 0 aliphatic carbocycles. The first-order valence-corrected chi connectivity index (χ1v) is 6.54. The van der Waals surface area contributed by atoms with Gasteiger partial charge in [-0.25, -0.2) is 4.63 Å². The molecule has 7 nitrogen and oxygen atoms in total. The van der Waals surface area contributed by atoms with Crippen molar-refractivity contribution in [3.63, 3.8) is 0 Å². The summed E-state index contributed by atoms with van der Waals surface area (Å²) < 4.78 is 6.46. The molecule has 0 radical (unpaired) electrons. The Morgan fingerprint density at radius 1 is 1.40 bits per heavy atom. The summed E-state index contributed by atoms with van der Waals surface area (Å²) in [4.78, 5) is 11.9. The molecule has 0 aliphatic rings. The minimum atomic E-state index is -0.0992. The first-order chi connectivity index (χ1) is 9.45. The predicted molar refractivity (Wildman–Crippen MR) is 72.0 cm³/mol. The molecule has 0 saturated heterocycles. The van der Waals surface area contributed by atoms with E-state index in [2.05, 4.69) is 25.4 Å². The highest BCUT2D eigenvalue weighted by Crippen LogP contribution is 2.04. The van der Waals surface area contributed by atoms with Crippen molar-refractivity contribution >= 4 is 5.91 Å². The lowest BCUT2D eigenvalue weighted by atomic mass is 10.2. The lowest BCUT2D eigenvalue weighted by molar-refractivity contribution is -0.121. The van der Waals surface area contributed by atoms with Crippen LogP contribution < -0.4 is 5.32 Å². The molecule has 0 bridgehead atoms. The van der Waals surface area contributed by atoms with Crippen molar-refractivity contribution in [2.24, 2.45) is 0 Å². The normalized spacial score (nSPS) is 12.4. The minimum absolute atomic E-state index is 0.0133. The van der Waals surface area contributed by atoms with E-state index >= 15 is 0 Å². The molecule has 0 unspecified atom stereocenters. The van der Waals surface area contributed by atoms with Gasteiger partial charge < -0.3 is 5.32 Å². The summed E-state index contributed by atoms with van der Waals surface area (Å²) in [6, 6.07) is 2.00. The monoisotopic (exact) mass is 277 g/mol. The Morgan fingerprint density at radius 3 is 2.70 bits per heavy atom. The van der Waals surface area contributed by atoms with Gasteiger partial charge in [0.1, 0.15) is 11.4 Å². The van der Waals surface area contributed by atoms with Gasteiger partial charge in [0, 0.05) is 11.7 Å². The van der Waals surface area contributed by atoms with E-state index in [4.69, 9.17) is 0 Å². The van der Waals surface area contributed by atoms with Gasteiger partial charge in [-0.05, 0) is 33.8 Å². The number of carbonyl (C=O) groups excluding carboxylic acids is 1. The number of nitrogens with zero attached hydrogens (tertiary/aromatic N) is 4. The summed E-state index contributed by atoms with van der Waals surface area (Å²) >= 11 is 0. The van der Waals surface area contributed by atoms with E-state index in [-0.39, 0.29) is 18.4 Å². The van der Waals surface area contributed by atoms with Crippen LogP contribution in [0.2, 0.25) is 0 Å². The summed E-state index contributed by atoms with van der Waals surface area (Å²) in [7, 11) is 0. The van der Waals surface area contributed by atoms with Crippen molar-refractivity contribution in [2.75, 3.05) is 0 Å². The Labute approximate surface area is 117 Å². The van der Waals surface area contributed by atoms with Gasteiger partial charge in [0.2, 0.25) is 5.91 Å². The molecule has 2 heterocycles. The van der Waals surface area contributed by atoms with Gasteiger partial charge in [-0.15, -0.1) is 0 Å². The van der Waals surface area contributed by atoms with Crippen molar-refractivity contribution in [1.29, 1.82) is 0 Å². The highest BCUT2D eigenvalue weighted by Gasteiger charge is 2.14. The van der Waals surface area contributed by atoms with Crippen LogP contribution in [0.1, 0.15) is 29.7 Å². The number of rotatable bonds is 5. The van der Waals surface area contributed by atoms with Gasteiger partial charge in [0.15, 0.2) is 0 Å². The van der Waals surface area contributed by atoms with E-state index < -0.39 is 0 Å². The molecule has 0 fully saturated rings. The summed E-state index contributed by atoms with van der Waals surface area (Å²) in [5.74, 6) is -0.0992. The van der Waals surface area contributed by atoms with Crippen molar-refractivity contribution in [1.82, 2.24) is 25.4 Å². The summed E-state index contributed by atoms with van der Waals surface area (Å²) in [5.41, 5.74) is 3.28. The second kappa shape index (κ2) is 5.85. The van der Waals surface area contributed by atoms with Crippen LogP contribution in [0.3, 0.4) is 0 Å². The maximum absolute atomic E-state index is 11.9. The zero-order chi connectivity index (χ0) is 14.7. The van der Waals surface area contributed by atoms with Crippen LogP contribution in [0.4, 0.5) is 0 Å². The molecule has 108 valence electrons. The summed E-state index contributed by atoms with van der Waals surface area (Å²) in [5, 5.41) is 14.6. The molecule has 7 heteroatoms. The first kappa shape index (κ1) is 14.2. The molecular formula is C13H19N5O2. The second-order valence-corrected chi connectivity index (χ2v) is 5.05. The van der Waals surface area contributed by atoms with Crippen LogP contribution in [-0.4, -0.2) is 32.0 Å². The van der Waals surface area contributed by atoms with Gasteiger partial charge in [0.25, 0.3) is 0 Å². The third kappa shape index (κ3) is 3.43. The number of aryl methyl sites for hydroxylation is 3. The van der Waals surface area contributed by atoms with Crippen molar-refractivity contribution < 1.29 is 9.42 Å². The Morgan fingerprint density at radius 2 is 2.15 bits per heavy atom. The van der Waals surface area contributed by atoms with Crippen LogP contribution >= 0.6 is 0 Å². The Hall–Kier alpha value is -2.18. The molecule has 0 aromatic carbocycles. The molecular weight excluding hydrogens is 258 g/mol. The van der Waals surface area contributed by atoms with E-state index in [1.165, 1.54) is 0 Å². The fourth-order valence-corrected chi connectivity index (χ4v) is 2.05. The number of aromatic nitrogens is 4. The zero-order valence-corrected chi connectivity index (χ0v) is 12.2. The van der Waals surface area contributed by atoms with E-state index in [9.17, 15) is 4.79 Å². The van der Waals surface area contributed by atoms with Crippen LogP contribution in [0.15, 0.2) is 10.7 Å². The lowest BCUT2D eigenvalue weighted by Gasteiger charge is -2.14. The Balaban J connectivity index is 1.88. The smallest absolute Gasteiger partial charge is 0.226 e. The number of nitrogens with one attached hydrogen (secondary N) is 1. The molecule has 0 spiro atoms. The van der Waals surface area contributed by atoms with Crippen LogP contribution in [-0.2, 0) is 17.8 Å². The molecule has 2 aromatic heterocycles. The third-order valence-electron chi connectivity index (χ3n) is 3.03. The van der Waals surface area contributed by atoms with Crippen LogP contribution in [0.5, 0.6) is 0 Å². The average molecular weight is 277 g/mol. The fourth-order valence-electron chi connectivity index (χ4n) is 2.05. The number of hydrogen-bond donors (Lipinski definition) is 1. The minimum Gasteiger partial charge on any atom is -0.351 e. The molecule has 20 heavy (non-hydrogen) atoms. The SMILES string of the molecule is Cc1cc(C)n(C[C@H](C)NC(=O)Cc2nonc2C)n1. The molecule has 0 saturated carbocycles. The van der Waals surface area contributed by atoms with E-state index in [1.54, 1.807) is 6.92 Å². The van der Waals surface area contributed by atoms with Gasteiger partial charge in [-0.2, -0.15) is 5.10 Å². The average Bonchev–Trinajstić information content (AvgIpc) is 2.86. The van der Waals surface area contributed by atoms with Crippen LogP contribution in [0, 0.1) is 20.8 Å². The molecule has 1 atom stereocenters. The topological polar surface area (TPSA) is 85.8 Å². The largest absolute Gasteiger partial charge is 0.351 e. The highest BCUT2D eigenvalue weighted by molar-refractivity contribution is 5.78. The van der Waals surface area contributed by atoms with E-state index in [0.29, 0.717) is 17.9 Å². The van der Waals surface area contributed by atoms with Gasteiger partial charge in [-0.1, -0.05) is 10.3 Å². The lowest BCUT2D eigenvalue weighted by Crippen LogP contribution is -2.37. The standard InChI is InChI=1S/C13H19N5O2/c1-8-5-10(3)18(15-8)7-9(2)14-13(19)6-12-11(4)16-20-17-12/h5,9H,6-7H2,1-4H3,(H,14,19)/t9-/m0/s1. The van der Waals surface area contributed by atoms with Crippen molar-refractivity contribution in [2.45, 2.75) is 46.7 Å². The number of hydrogen-bond acceptors (Lipinski definition) is 5. The van der Waals surface area contributed by atoms with Gasteiger partial charge >= 0.3 is 0 Å². The Bertz CT molecular complexity index is 602. The quantitative estimate of drug-likeness (QED) is 0.879. The number of amides is 1. The van der Waals surface area contributed by atoms with Crippen molar-refractivity contribution in [3.05, 3.63) is 28.8 Å². The molecule has 0 aliphatic heterocycles. The fraction of sp³-hybridized carbons (Fsp3) is 0.538. The molecule has 2 aromatic rings. The van der Waals surface area contributed by atoms with Gasteiger partial charge in [0.05, 0.1) is 18.7 Å². The van der Waals surface area contributed by atoms with Gasteiger partial charge in [-0.3, -0.25) is 9.48 Å². The maximum Gasteiger partial charge on any atom is 0.226 e. The Kier molecular flexibility index (Phi) is 4.16. The van der Waals surface area contributed by atoms with E-state index in [1.807, 2.05) is 31.5 Å². The first-order valence-electron chi connectivity index (χ1n) is 6.54. The maximum atomic E-state index is 11.9. The molecule has 1 N–H and O–H groups in total. The van der Waals surface area contributed by atoms with Crippen molar-refractivity contribution in [3.8, 4) is 0 Å². The number of carbonyl (C=O) groups is 1. The molecule has 1 amide bonds. The summed E-state index contributed by atoms with van der Waals surface area (Å²) in [6.45, 7) is 8.30. The predicted octanol–water partition coefficient (Wildman–Crippen LogP) is 0.939. The summed E-state index contributed by atoms with van der Waals surface area (Å²) in [6.07, 6.45) is 0.177. The third-order valence-corrected chi connectivity index (χ3v) is 3.03. The van der Waals surface area contributed by atoms with E-state index in [0.717, 1.165) is 11.4 Å². The highest BCUT2D eigenvalue weighted by atomic mass is 16.6. The second-order valence-electron chi connectivity index (χ2n) is 5.05.